The van der Waals surface area contributed by atoms with Crippen LogP contribution in [0.15, 0.2) is 41.4 Å². The SMILES string of the molecule is Brc1cc(CC2CCCNC2)ccc1-n1ccnc1. The fourth-order valence-electron chi connectivity index (χ4n) is 2.72. The van der Waals surface area contributed by atoms with Crippen LogP contribution in [0.25, 0.3) is 5.69 Å². The van der Waals surface area contributed by atoms with Crippen molar-refractivity contribution in [1.29, 1.82) is 0 Å². The van der Waals surface area contributed by atoms with Crippen LogP contribution in [0.3, 0.4) is 0 Å². The minimum absolute atomic E-state index is 0.778. The van der Waals surface area contributed by atoms with E-state index in [2.05, 4.69) is 44.4 Å². The molecule has 0 radical (unpaired) electrons. The van der Waals surface area contributed by atoms with Gasteiger partial charge in [-0.2, -0.15) is 0 Å². The van der Waals surface area contributed by atoms with Crippen molar-refractivity contribution in [2.24, 2.45) is 5.92 Å². The maximum Gasteiger partial charge on any atom is 0.0992 e. The van der Waals surface area contributed by atoms with Crippen molar-refractivity contribution in [1.82, 2.24) is 14.9 Å². The van der Waals surface area contributed by atoms with Crippen molar-refractivity contribution in [2.75, 3.05) is 13.1 Å². The number of nitrogens with zero attached hydrogens (tertiary/aromatic N) is 2. The lowest BCUT2D eigenvalue weighted by Crippen LogP contribution is -2.30. The summed E-state index contributed by atoms with van der Waals surface area (Å²) in [6.07, 6.45) is 9.40. The number of nitrogens with one attached hydrogen (secondary N) is 1. The van der Waals surface area contributed by atoms with Gasteiger partial charge in [0.15, 0.2) is 0 Å². The summed E-state index contributed by atoms with van der Waals surface area (Å²) in [6.45, 7) is 2.33. The highest BCUT2D eigenvalue weighted by atomic mass is 79.9. The molecule has 2 heterocycles. The summed E-state index contributed by atoms with van der Waals surface area (Å²) in [5, 5.41) is 3.48. The predicted molar refractivity (Wildman–Crippen MR) is 80.6 cm³/mol. The first kappa shape index (κ1) is 12.9. The highest BCUT2D eigenvalue weighted by Gasteiger charge is 2.14. The third-order valence-electron chi connectivity index (χ3n) is 3.72. The molecule has 19 heavy (non-hydrogen) atoms. The quantitative estimate of drug-likeness (QED) is 0.941. The molecule has 1 fully saturated rings. The molecular weight excluding hydrogens is 302 g/mol. The third kappa shape index (κ3) is 3.07. The van der Waals surface area contributed by atoms with E-state index in [9.17, 15) is 0 Å². The highest BCUT2D eigenvalue weighted by Crippen LogP contribution is 2.25. The normalized spacial score (nSPS) is 19.5. The fraction of sp³-hybridized carbons (Fsp3) is 0.400. The lowest BCUT2D eigenvalue weighted by molar-refractivity contribution is 0.376. The zero-order valence-corrected chi connectivity index (χ0v) is 12.4. The number of rotatable bonds is 3. The van der Waals surface area contributed by atoms with Gasteiger partial charge in [-0.05, 0) is 71.9 Å². The molecule has 3 nitrogen and oxygen atoms in total. The number of hydrogen-bond acceptors (Lipinski definition) is 2. The molecule has 1 saturated heterocycles. The van der Waals surface area contributed by atoms with Crippen LogP contribution in [0.1, 0.15) is 18.4 Å². The Hall–Kier alpha value is -1.13. The second-order valence-corrected chi connectivity index (χ2v) is 6.03. The highest BCUT2D eigenvalue weighted by molar-refractivity contribution is 9.10. The van der Waals surface area contributed by atoms with Gasteiger partial charge in [0, 0.05) is 16.9 Å². The molecule has 1 atom stereocenters. The lowest BCUT2D eigenvalue weighted by Gasteiger charge is -2.23. The molecule has 0 saturated carbocycles. The standard InChI is InChI=1S/C15H18BrN3/c16-14-9-12(8-13-2-1-5-17-10-13)3-4-15(14)19-7-6-18-11-19/h3-4,6-7,9,11,13,17H,1-2,5,8,10H2. The maximum atomic E-state index is 4.09. The van der Waals surface area contributed by atoms with E-state index in [1.54, 1.807) is 6.20 Å². The second kappa shape index (κ2) is 5.88. The molecule has 1 N–H and O–H groups in total. The van der Waals surface area contributed by atoms with E-state index in [0.29, 0.717) is 0 Å². The van der Waals surface area contributed by atoms with Gasteiger partial charge in [0.2, 0.25) is 0 Å². The number of imidazole rings is 1. The summed E-state index contributed by atoms with van der Waals surface area (Å²) in [7, 11) is 0. The molecule has 1 aliphatic heterocycles. The van der Waals surface area contributed by atoms with Crippen molar-refractivity contribution in [3.8, 4) is 5.69 Å². The summed E-state index contributed by atoms with van der Waals surface area (Å²) < 4.78 is 3.16. The Kier molecular flexibility index (Phi) is 3.99. The molecule has 4 heteroatoms. The van der Waals surface area contributed by atoms with Crippen LogP contribution in [-0.4, -0.2) is 22.6 Å². The summed E-state index contributed by atoms with van der Waals surface area (Å²) in [4.78, 5) is 4.09. The first-order chi connectivity index (χ1) is 9.33. The van der Waals surface area contributed by atoms with Crippen molar-refractivity contribution in [2.45, 2.75) is 19.3 Å². The van der Waals surface area contributed by atoms with E-state index in [1.807, 2.05) is 17.1 Å². The number of aromatic nitrogens is 2. The average molecular weight is 320 g/mol. The minimum atomic E-state index is 0.778. The summed E-state index contributed by atoms with van der Waals surface area (Å²) in [5.74, 6) is 0.778. The topological polar surface area (TPSA) is 29.9 Å². The molecular formula is C15H18BrN3. The zero-order valence-electron chi connectivity index (χ0n) is 10.8. The van der Waals surface area contributed by atoms with Gasteiger partial charge in [0.25, 0.3) is 0 Å². The van der Waals surface area contributed by atoms with Gasteiger partial charge in [-0.1, -0.05) is 6.07 Å². The van der Waals surface area contributed by atoms with Gasteiger partial charge >= 0.3 is 0 Å². The molecule has 1 unspecified atom stereocenters. The molecule has 3 rings (SSSR count). The number of piperidine rings is 1. The Morgan fingerprint density at radius 2 is 2.37 bits per heavy atom. The second-order valence-electron chi connectivity index (χ2n) is 5.17. The van der Waals surface area contributed by atoms with Crippen molar-refractivity contribution < 1.29 is 0 Å². The minimum Gasteiger partial charge on any atom is -0.316 e. The summed E-state index contributed by atoms with van der Waals surface area (Å²) >= 11 is 3.67. The van der Waals surface area contributed by atoms with Gasteiger partial charge in [-0.3, -0.25) is 0 Å². The Morgan fingerprint density at radius 1 is 1.42 bits per heavy atom. The van der Waals surface area contributed by atoms with E-state index in [-0.39, 0.29) is 0 Å². The van der Waals surface area contributed by atoms with E-state index in [0.717, 1.165) is 29.0 Å². The van der Waals surface area contributed by atoms with E-state index in [1.165, 1.54) is 24.9 Å². The summed E-state index contributed by atoms with van der Waals surface area (Å²) in [6, 6.07) is 6.63. The molecule has 1 aromatic heterocycles. The van der Waals surface area contributed by atoms with Crippen LogP contribution in [0, 0.1) is 5.92 Å². The number of hydrogen-bond donors (Lipinski definition) is 1. The largest absolute Gasteiger partial charge is 0.316 e. The van der Waals surface area contributed by atoms with Gasteiger partial charge < -0.3 is 9.88 Å². The number of benzene rings is 1. The van der Waals surface area contributed by atoms with E-state index >= 15 is 0 Å². The van der Waals surface area contributed by atoms with Gasteiger partial charge in [-0.15, -0.1) is 0 Å². The molecule has 100 valence electrons. The van der Waals surface area contributed by atoms with Gasteiger partial charge in [0.05, 0.1) is 12.0 Å². The Balaban J connectivity index is 1.75. The van der Waals surface area contributed by atoms with Crippen LogP contribution in [0.5, 0.6) is 0 Å². The predicted octanol–water partition coefficient (Wildman–Crippen LogP) is 3.18. The van der Waals surface area contributed by atoms with Gasteiger partial charge in [0.1, 0.15) is 0 Å². The molecule has 2 aromatic rings. The first-order valence-corrected chi connectivity index (χ1v) is 7.60. The maximum absolute atomic E-state index is 4.09. The first-order valence-electron chi connectivity index (χ1n) is 6.80. The monoisotopic (exact) mass is 319 g/mol. The third-order valence-corrected chi connectivity index (χ3v) is 4.35. The number of halogens is 1. The lowest BCUT2D eigenvalue weighted by atomic mass is 9.92. The molecule has 1 aromatic carbocycles. The molecule has 0 amide bonds. The van der Waals surface area contributed by atoms with Crippen LogP contribution < -0.4 is 5.32 Å². The Morgan fingerprint density at radius 3 is 3.05 bits per heavy atom. The van der Waals surface area contributed by atoms with Gasteiger partial charge in [-0.25, -0.2) is 4.98 Å². The van der Waals surface area contributed by atoms with Crippen LogP contribution in [0.2, 0.25) is 0 Å². The summed E-state index contributed by atoms with van der Waals surface area (Å²) in [5.41, 5.74) is 2.55. The molecule has 1 aliphatic rings. The zero-order chi connectivity index (χ0) is 13.1. The van der Waals surface area contributed by atoms with Crippen LogP contribution in [0.4, 0.5) is 0 Å². The molecule has 0 aliphatic carbocycles. The fourth-order valence-corrected chi connectivity index (χ4v) is 3.35. The molecule has 0 spiro atoms. The molecule has 0 bridgehead atoms. The average Bonchev–Trinajstić information content (AvgIpc) is 2.94. The van der Waals surface area contributed by atoms with Crippen molar-refractivity contribution in [3.05, 3.63) is 47.0 Å². The smallest absolute Gasteiger partial charge is 0.0992 e. The van der Waals surface area contributed by atoms with Crippen LogP contribution in [-0.2, 0) is 6.42 Å². The van der Waals surface area contributed by atoms with Crippen LogP contribution >= 0.6 is 15.9 Å². The van der Waals surface area contributed by atoms with E-state index in [4.69, 9.17) is 0 Å². The van der Waals surface area contributed by atoms with E-state index < -0.39 is 0 Å². The van der Waals surface area contributed by atoms with Crippen molar-refractivity contribution >= 4 is 15.9 Å². The van der Waals surface area contributed by atoms with Crippen molar-refractivity contribution in [3.63, 3.8) is 0 Å². The Labute approximate surface area is 122 Å². The Bertz CT molecular complexity index is 530.